The Morgan fingerprint density at radius 1 is 0.667 bits per heavy atom. The second-order valence-electron chi connectivity index (χ2n) is 5.77. The van der Waals surface area contributed by atoms with Gasteiger partial charge < -0.3 is 4.74 Å². The maximum atomic E-state index is 12.7. The molecule has 0 aromatic heterocycles. The van der Waals surface area contributed by atoms with Crippen molar-refractivity contribution in [3.8, 4) is 0 Å². The molecule has 0 aliphatic heterocycles. The molecule has 2 nitrogen and oxygen atoms in total. The van der Waals surface area contributed by atoms with Gasteiger partial charge in [-0.05, 0) is 23.6 Å². The first-order valence-corrected chi connectivity index (χ1v) is 8.11. The summed E-state index contributed by atoms with van der Waals surface area (Å²) in [6.45, 7) is 1.88. The number of hydrogen-bond donors (Lipinski definition) is 0. The summed E-state index contributed by atoms with van der Waals surface area (Å²) in [7, 11) is 0. The highest BCUT2D eigenvalue weighted by Crippen LogP contribution is 2.28. The standard InChI is InChI=1S/C22H20O2/c1-17(18-11-5-2-6-12-18)22(23)24-21(19-13-7-3-8-14-19)20-15-9-4-10-16-20/h2-17,21H,1H3. The molecule has 0 amide bonds. The SMILES string of the molecule is CC(C(=O)OC(c1ccccc1)c1ccccc1)c1ccccc1. The summed E-state index contributed by atoms with van der Waals surface area (Å²) in [6.07, 6.45) is -0.397. The van der Waals surface area contributed by atoms with Crippen LogP contribution in [0.4, 0.5) is 0 Å². The summed E-state index contributed by atoms with van der Waals surface area (Å²) < 4.78 is 5.90. The fraction of sp³-hybridized carbons (Fsp3) is 0.136. The molecule has 0 heterocycles. The van der Waals surface area contributed by atoms with E-state index in [9.17, 15) is 4.79 Å². The van der Waals surface area contributed by atoms with E-state index in [0.717, 1.165) is 16.7 Å². The van der Waals surface area contributed by atoms with E-state index in [1.807, 2.05) is 97.9 Å². The summed E-state index contributed by atoms with van der Waals surface area (Å²) in [6, 6.07) is 29.4. The van der Waals surface area contributed by atoms with Crippen LogP contribution in [0.5, 0.6) is 0 Å². The zero-order chi connectivity index (χ0) is 16.8. The Balaban J connectivity index is 1.86. The van der Waals surface area contributed by atoms with Crippen LogP contribution in [0.2, 0.25) is 0 Å². The Morgan fingerprint density at radius 3 is 1.46 bits per heavy atom. The fourth-order valence-corrected chi connectivity index (χ4v) is 2.68. The van der Waals surface area contributed by atoms with Gasteiger partial charge in [0, 0.05) is 0 Å². The van der Waals surface area contributed by atoms with Crippen molar-refractivity contribution in [1.29, 1.82) is 0 Å². The molecular formula is C22H20O2. The molecule has 24 heavy (non-hydrogen) atoms. The summed E-state index contributed by atoms with van der Waals surface area (Å²) in [4.78, 5) is 12.7. The lowest BCUT2D eigenvalue weighted by molar-refractivity contribution is -0.149. The minimum Gasteiger partial charge on any atom is -0.452 e. The van der Waals surface area contributed by atoms with E-state index in [1.54, 1.807) is 0 Å². The zero-order valence-corrected chi connectivity index (χ0v) is 13.6. The highest BCUT2D eigenvalue weighted by atomic mass is 16.5. The molecule has 0 saturated heterocycles. The monoisotopic (exact) mass is 316 g/mol. The van der Waals surface area contributed by atoms with Crippen molar-refractivity contribution in [3.63, 3.8) is 0 Å². The predicted octanol–water partition coefficient (Wildman–Crippen LogP) is 5.12. The van der Waals surface area contributed by atoms with Crippen molar-refractivity contribution >= 4 is 5.97 Å². The van der Waals surface area contributed by atoms with E-state index in [2.05, 4.69) is 0 Å². The Labute approximate surface area is 142 Å². The molecule has 0 aliphatic rings. The molecule has 0 fully saturated rings. The molecule has 0 aliphatic carbocycles. The first-order chi connectivity index (χ1) is 11.8. The van der Waals surface area contributed by atoms with Gasteiger partial charge in [0.2, 0.25) is 0 Å². The van der Waals surface area contributed by atoms with Crippen LogP contribution in [0, 0.1) is 0 Å². The summed E-state index contributed by atoms with van der Waals surface area (Å²) in [5.74, 6) is -0.528. The molecule has 3 rings (SSSR count). The second-order valence-corrected chi connectivity index (χ2v) is 5.77. The van der Waals surface area contributed by atoms with Gasteiger partial charge in [0.25, 0.3) is 0 Å². The van der Waals surface area contributed by atoms with Crippen LogP contribution in [0.1, 0.15) is 35.6 Å². The Hall–Kier alpha value is -2.87. The van der Waals surface area contributed by atoms with Crippen LogP contribution in [-0.2, 0) is 9.53 Å². The van der Waals surface area contributed by atoms with E-state index in [4.69, 9.17) is 4.74 Å². The lowest BCUT2D eigenvalue weighted by Gasteiger charge is -2.21. The first kappa shape index (κ1) is 16.0. The lowest BCUT2D eigenvalue weighted by atomic mass is 9.99. The largest absolute Gasteiger partial charge is 0.452 e. The number of hydrogen-bond acceptors (Lipinski definition) is 2. The van der Waals surface area contributed by atoms with Crippen LogP contribution >= 0.6 is 0 Å². The first-order valence-electron chi connectivity index (χ1n) is 8.11. The van der Waals surface area contributed by atoms with Crippen LogP contribution in [0.15, 0.2) is 91.0 Å². The molecule has 3 aromatic rings. The average Bonchev–Trinajstić information content (AvgIpc) is 2.67. The highest BCUT2D eigenvalue weighted by Gasteiger charge is 2.23. The zero-order valence-electron chi connectivity index (χ0n) is 13.6. The van der Waals surface area contributed by atoms with Gasteiger partial charge in [0.05, 0.1) is 5.92 Å². The summed E-state index contributed by atoms with van der Waals surface area (Å²) >= 11 is 0. The molecule has 0 radical (unpaired) electrons. The summed E-state index contributed by atoms with van der Waals surface area (Å²) in [5, 5.41) is 0. The molecule has 0 N–H and O–H groups in total. The van der Waals surface area contributed by atoms with Gasteiger partial charge >= 0.3 is 5.97 Å². The Morgan fingerprint density at radius 2 is 1.04 bits per heavy atom. The molecule has 2 heteroatoms. The van der Waals surface area contributed by atoms with Crippen molar-refractivity contribution in [2.45, 2.75) is 18.9 Å². The third-order valence-corrected chi connectivity index (χ3v) is 4.09. The predicted molar refractivity (Wildman–Crippen MR) is 95.7 cm³/mol. The van der Waals surface area contributed by atoms with E-state index in [1.165, 1.54) is 0 Å². The maximum absolute atomic E-state index is 12.7. The maximum Gasteiger partial charge on any atom is 0.314 e. The van der Waals surface area contributed by atoms with Crippen LogP contribution in [-0.4, -0.2) is 5.97 Å². The van der Waals surface area contributed by atoms with E-state index in [0.29, 0.717) is 0 Å². The topological polar surface area (TPSA) is 26.3 Å². The van der Waals surface area contributed by atoms with Gasteiger partial charge in [-0.3, -0.25) is 4.79 Å². The van der Waals surface area contributed by atoms with Gasteiger partial charge in [-0.15, -0.1) is 0 Å². The van der Waals surface area contributed by atoms with Crippen LogP contribution in [0.25, 0.3) is 0 Å². The molecular weight excluding hydrogens is 296 g/mol. The number of carbonyl (C=O) groups excluding carboxylic acids is 1. The van der Waals surface area contributed by atoms with E-state index in [-0.39, 0.29) is 11.9 Å². The van der Waals surface area contributed by atoms with Crippen LogP contribution in [0.3, 0.4) is 0 Å². The fourth-order valence-electron chi connectivity index (χ4n) is 2.68. The highest BCUT2D eigenvalue weighted by molar-refractivity contribution is 5.78. The van der Waals surface area contributed by atoms with Crippen molar-refractivity contribution in [3.05, 3.63) is 108 Å². The number of esters is 1. The minimum atomic E-state index is -0.397. The lowest BCUT2D eigenvalue weighted by Crippen LogP contribution is -2.18. The van der Waals surface area contributed by atoms with E-state index < -0.39 is 6.10 Å². The minimum absolute atomic E-state index is 0.223. The quantitative estimate of drug-likeness (QED) is 0.610. The van der Waals surface area contributed by atoms with Gasteiger partial charge in [-0.2, -0.15) is 0 Å². The molecule has 1 atom stereocenters. The average molecular weight is 316 g/mol. The molecule has 0 bridgehead atoms. The number of benzene rings is 3. The normalized spacial score (nSPS) is 11.9. The molecule has 120 valence electrons. The van der Waals surface area contributed by atoms with E-state index >= 15 is 0 Å². The second kappa shape index (κ2) is 7.60. The van der Waals surface area contributed by atoms with Gasteiger partial charge in [0.15, 0.2) is 6.10 Å². The van der Waals surface area contributed by atoms with Gasteiger partial charge in [-0.1, -0.05) is 91.0 Å². The van der Waals surface area contributed by atoms with Gasteiger partial charge in [-0.25, -0.2) is 0 Å². The third-order valence-electron chi connectivity index (χ3n) is 4.09. The molecule has 0 saturated carbocycles. The van der Waals surface area contributed by atoms with Gasteiger partial charge in [0.1, 0.15) is 0 Å². The molecule has 3 aromatic carbocycles. The Kier molecular flexibility index (Phi) is 5.07. The van der Waals surface area contributed by atoms with Crippen molar-refractivity contribution in [2.24, 2.45) is 0 Å². The molecule has 0 spiro atoms. The van der Waals surface area contributed by atoms with Crippen LogP contribution < -0.4 is 0 Å². The molecule has 1 unspecified atom stereocenters. The third kappa shape index (κ3) is 3.72. The number of carbonyl (C=O) groups is 1. The van der Waals surface area contributed by atoms with Crippen molar-refractivity contribution in [1.82, 2.24) is 0 Å². The summed E-state index contributed by atoms with van der Waals surface area (Å²) in [5.41, 5.74) is 2.90. The smallest absolute Gasteiger partial charge is 0.314 e. The number of rotatable bonds is 5. The van der Waals surface area contributed by atoms with Crippen molar-refractivity contribution in [2.75, 3.05) is 0 Å². The Bertz CT molecular complexity index is 727. The number of ether oxygens (including phenoxy) is 1. The van der Waals surface area contributed by atoms with Crippen molar-refractivity contribution < 1.29 is 9.53 Å².